The Labute approximate surface area is 71.6 Å². The molecule has 0 saturated carbocycles. The predicted molar refractivity (Wildman–Crippen MR) is 42.3 cm³/mol. The summed E-state index contributed by atoms with van der Waals surface area (Å²) in [6, 6.07) is 0. The normalized spacial score (nSPS) is 35.3. The van der Waals surface area contributed by atoms with Gasteiger partial charge in [0.15, 0.2) is 0 Å². The molecule has 12 heavy (non-hydrogen) atoms. The van der Waals surface area contributed by atoms with Gasteiger partial charge in [0.1, 0.15) is 6.61 Å². The van der Waals surface area contributed by atoms with E-state index in [1.807, 2.05) is 0 Å². The van der Waals surface area contributed by atoms with E-state index >= 15 is 0 Å². The Bertz CT molecular complexity index is 148. The third kappa shape index (κ3) is 2.28. The van der Waals surface area contributed by atoms with Crippen LogP contribution in [-0.4, -0.2) is 24.1 Å². The highest BCUT2D eigenvalue weighted by molar-refractivity contribution is 4.89. The highest BCUT2D eigenvalue weighted by atomic mass is 17.5. The monoisotopic (exact) mass is 174 g/mol. The summed E-state index contributed by atoms with van der Waals surface area (Å²) in [4.78, 5) is 4.38. The number of rotatable bonds is 4. The van der Waals surface area contributed by atoms with Crippen molar-refractivity contribution in [1.29, 1.82) is 0 Å². The van der Waals surface area contributed by atoms with Gasteiger partial charge in [0.2, 0.25) is 0 Å². The van der Waals surface area contributed by atoms with Crippen molar-refractivity contribution in [2.75, 3.05) is 6.61 Å². The van der Waals surface area contributed by atoms with Crippen molar-refractivity contribution < 1.29 is 19.9 Å². The van der Waals surface area contributed by atoms with Gasteiger partial charge in [-0.25, -0.2) is 10.1 Å². The second-order valence-electron chi connectivity index (χ2n) is 3.02. The van der Waals surface area contributed by atoms with Crippen LogP contribution in [0.15, 0.2) is 12.7 Å². The van der Waals surface area contributed by atoms with E-state index in [-0.39, 0.29) is 18.8 Å². The zero-order chi connectivity index (χ0) is 8.97. The van der Waals surface area contributed by atoms with E-state index in [2.05, 4.69) is 23.4 Å². The SMILES string of the molecule is C=C[C@H]1CC(C)[C@@H](COOO)O1. The molecule has 0 amide bonds. The van der Waals surface area contributed by atoms with Crippen LogP contribution in [0.5, 0.6) is 0 Å². The molecule has 4 nitrogen and oxygen atoms in total. The third-order valence-electron chi connectivity index (χ3n) is 2.14. The molecule has 1 unspecified atom stereocenters. The van der Waals surface area contributed by atoms with Crippen LogP contribution in [0.2, 0.25) is 0 Å². The Morgan fingerprint density at radius 2 is 2.50 bits per heavy atom. The average molecular weight is 174 g/mol. The first-order chi connectivity index (χ1) is 5.77. The largest absolute Gasteiger partial charge is 0.368 e. The summed E-state index contributed by atoms with van der Waals surface area (Å²) in [5, 5.41) is 11.5. The summed E-state index contributed by atoms with van der Waals surface area (Å²) >= 11 is 0. The summed E-state index contributed by atoms with van der Waals surface area (Å²) in [6.45, 7) is 5.96. The molecular weight excluding hydrogens is 160 g/mol. The minimum absolute atomic E-state index is 0.0138. The Morgan fingerprint density at radius 3 is 3.00 bits per heavy atom. The molecule has 1 rings (SSSR count). The van der Waals surface area contributed by atoms with Gasteiger partial charge in [0.25, 0.3) is 0 Å². The average Bonchev–Trinajstić information content (AvgIpc) is 2.43. The first kappa shape index (κ1) is 9.67. The van der Waals surface area contributed by atoms with Crippen LogP contribution in [0.25, 0.3) is 0 Å². The second-order valence-corrected chi connectivity index (χ2v) is 3.02. The molecule has 3 atom stereocenters. The fourth-order valence-electron chi connectivity index (χ4n) is 1.39. The van der Waals surface area contributed by atoms with Gasteiger partial charge in [0, 0.05) is 0 Å². The summed E-state index contributed by atoms with van der Waals surface area (Å²) < 4.78 is 5.49. The standard InChI is InChI=1S/C8H14O4/c1-3-7-4-6(2)8(11-7)5-10-12-9/h3,6-9H,1,4-5H2,2H3/t6?,7-,8+/m0/s1. The Kier molecular flexibility index (Phi) is 3.68. The second kappa shape index (κ2) is 4.57. The van der Waals surface area contributed by atoms with Gasteiger partial charge in [-0.05, 0) is 12.3 Å². The molecule has 0 aromatic rings. The van der Waals surface area contributed by atoms with E-state index in [1.165, 1.54) is 0 Å². The van der Waals surface area contributed by atoms with Gasteiger partial charge in [0.05, 0.1) is 12.2 Å². The van der Waals surface area contributed by atoms with Crippen LogP contribution in [0, 0.1) is 5.92 Å². The number of hydrogen-bond acceptors (Lipinski definition) is 4. The van der Waals surface area contributed by atoms with Crippen LogP contribution in [0.3, 0.4) is 0 Å². The summed E-state index contributed by atoms with van der Waals surface area (Å²) in [5.41, 5.74) is 0. The van der Waals surface area contributed by atoms with Crippen molar-refractivity contribution in [3.63, 3.8) is 0 Å². The van der Waals surface area contributed by atoms with Crippen LogP contribution in [-0.2, 0) is 14.7 Å². The van der Waals surface area contributed by atoms with Crippen molar-refractivity contribution in [3.05, 3.63) is 12.7 Å². The predicted octanol–water partition coefficient (Wildman–Crippen LogP) is 1.39. The van der Waals surface area contributed by atoms with Gasteiger partial charge < -0.3 is 4.74 Å². The van der Waals surface area contributed by atoms with Crippen molar-refractivity contribution in [3.8, 4) is 0 Å². The number of ether oxygens (including phenoxy) is 1. The van der Waals surface area contributed by atoms with Crippen LogP contribution in [0.4, 0.5) is 0 Å². The van der Waals surface area contributed by atoms with E-state index in [4.69, 9.17) is 9.99 Å². The van der Waals surface area contributed by atoms with Crippen molar-refractivity contribution in [2.24, 2.45) is 5.92 Å². The molecule has 1 aliphatic heterocycles. The molecule has 0 spiro atoms. The topological polar surface area (TPSA) is 47.9 Å². The minimum atomic E-state index is -0.0138. The van der Waals surface area contributed by atoms with Crippen molar-refractivity contribution in [2.45, 2.75) is 25.6 Å². The van der Waals surface area contributed by atoms with E-state index in [9.17, 15) is 0 Å². The maximum absolute atomic E-state index is 7.94. The smallest absolute Gasteiger partial charge is 0.112 e. The Hall–Kier alpha value is -0.420. The first-order valence-corrected chi connectivity index (χ1v) is 3.99. The van der Waals surface area contributed by atoms with Gasteiger partial charge >= 0.3 is 0 Å². The Balaban J connectivity index is 2.30. The highest BCUT2D eigenvalue weighted by Crippen LogP contribution is 2.26. The van der Waals surface area contributed by atoms with Crippen LogP contribution < -0.4 is 0 Å². The molecule has 1 N–H and O–H groups in total. The minimum Gasteiger partial charge on any atom is -0.368 e. The van der Waals surface area contributed by atoms with Crippen molar-refractivity contribution in [1.82, 2.24) is 0 Å². The lowest BCUT2D eigenvalue weighted by atomic mass is 10.0. The maximum atomic E-state index is 7.94. The molecule has 0 aromatic carbocycles. The molecule has 1 saturated heterocycles. The van der Waals surface area contributed by atoms with Crippen molar-refractivity contribution >= 4 is 0 Å². The molecule has 1 heterocycles. The fraction of sp³-hybridized carbons (Fsp3) is 0.750. The lowest BCUT2D eigenvalue weighted by Crippen LogP contribution is -2.20. The molecular formula is C8H14O4. The molecule has 4 heteroatoms. The zero-order valence-corrected chi connectivity index (χ0v) is 7.10. The third-order valence-corrected chi connectivity index (χ3v) is 2.14. The fourth-order valence-corrected chi connectivity index (χ4v) is 1.39. The summed E-state index contributed by atoms with van der Waals surface area (Å²) in [7, 11) is 0. The maximum Gasteiger partial charge on any atom is 0.112 e. The van der Waals surface area contributed by atoms with Gasteiger partial charge in [-0.1, -0.05) is 18.0 Å². The summed E-state index contributed by atoms with van der Waals surface area (Å²) in [6.07, 6.45) is 2.81. The molecule has 0 aliphatic carbocycles. The van der Waals surface area contributed by atoms with E-state index in [1.54, 1.807) is 6.08 Å². The van der Waals surface area contributed by atoms with E-state index in [0.717, 1.165) is 6.42 Å². The van der Waals surface area contributed by atoms with Gasteiger partial charge in [-0.15, -0.1) is 6.58 Å². The van der Waals surface area contributed by atoms with Gasteiger partial charge in [-0.2, -0.15) is 0 Å². The molecule has 1 aliphatic rings. The molecule has 0 radical (unpaired) electrons. The van der Waals surface area contributed by atoms with Crippen LogP contribution in [0.1, 0.15) is 13.3 Å². The lowest BCUT2D eigenvalue weighted by molar-refractivity contribution is -0.494. The zero-order valence-electron chi connectivity index (χ0n) is 7.10. The van der Waals surface area contributed by atoms with E-state index in [0.29, 0.717) is 5.92 Å². The molecule has 0 aromatic heterocycles. The van der Waals surface area contributed by atoms with E-state index < -0.39 is 0 Å². The van der Waals surface area contributed by atoms with Crippen LogP contribution >= 0.6 is 0 Å². The Morgan fingerprint density at radius 1 is 1.75 bits per heavy atom. The summed E-state index contributed by atoms with van der Waals surface area (Å²) in [5.74, 6) is 0.406. The first-order valence-electron chi connectivity index (χ1n) is 3.99. The molecule has 70 valence electrons. The molecule has 0 bridgehead atoms. The molecule has 1 fully saturated rings. The highest BCUT2D eigenvalue weighted by Gasteiger charge is 2.30. The quantitative estimate of drug-likeness (QED) is 0.397. The number of hydrogen-bond donors (Lipinski definition) is 1. The lowest BCUT2D eigenvalue weighted by Gasteiger charge is -2.12. The van der Waals surface area contributed by atoms with Gasteiger partial charge in [-0.3, -0.25) is 0 Å².